The Morgan fingerprint density at radius 3 is 3.06 bits per heavy atom. The Hall–Kier alpha value is -0.910. The van der Waals surface area contributed by atoms with Crippen LogP contribution in [0.3, 0.4) is 0 Å². The lowest BCUT2D eigenvalue weighted by Gasteiger charge is -2.32. The Kier molecular flexibility index (Phi) is 3.37. The van der Waals surface area contributed by atoms with E-state index in [9.17, 15) is 4.79 Å². The lowest BCUT2D eigenvalue weighted by atomic mass is 9.88. The maximum atomic E-state index is 12.0. The van der Waals surface area contributed by atoms with Crippen molar-refractivity contribution >= 4 is 17.2 Å². The second kappa shape index (κ2) is 4.99. The van der Waals surface area contributed by atoms with Gasteiger partial charge in [-0.15, -0.1) is 0 Å². The molecule has 1 spiro atoms. The quantitative estimate of drug-likeness (QED) is 0.850. The van der Waals surface area contributed by atoms with Crippen LogP contribution in [-0.2, 0) is 4.74 Å². The summed E-state index contributed by atoms with van der Waals surface area (Å²) >= 11 is 1.55. The lowest BCUT2D eigenvalue weighted by molar-refractivity contribution is -0.0194. The van der Waals surface area contributed by atoms with Gasteiger partial charge in [0.25, 0.3) is 5.91 Å². The van der Waals surface area contributed by atoms with Crippen LogP contribution in [0.1, 0.15) is 29.6 Å². The third kappa shape index (κ3) is 2.43. The highest BCUT2D eigenvalue weighted by Crippen LogP contribution is 2.33. The first-order valence-corrected chi connectivity index (χ1v) is 7.39. The molecular weight excluding hydrogens is 248 g/mol. The average Bonchev–Trinajstić information content (AvgIpc) is 3.01. The van der Waals surface area contributed by atoms with E-state index in [1.807, 2.05) is 16.8 Å². The van der Waals surface area contributed by atoms with Crippen LogP contribution >= 0.6 is 11.3 Å². The van der Waals surface area contributed by atoms with Crippen LogP contribution in [0.25, 0.3) is 0 Å². The second-order valence-corrected chi connectivity index (χ2v) is 5.91. The van der Waals surface area contributed by atoms with E-state index in [0.29, 0.717) is 6.61 Å². The molecule has 98 valence electrons. The standard InChI is InChI=1S/C13H18N2O2S/c16-12(10-1-6-18-9-10)15-11-7-13(17-8-11)2-4-14-5-3-13/h1,6,9,11,14H,2-5,7-8H2,(H,15,16)/t11-/m1/s1. The third-order valence-electron chi connectivity index (χ3n) is 3.84. The van der Waals surface area contributed by atoms with Crippen LogP contribution in [0.2, 0.25) is 0 Å². The molecule has 1 atom stereocenters. The molecule has 0 radical (unpaired) electrons. The minimum absolute atomic E-state index is 0.0117. The van der Waals surface area contributed by atoms with Gasteiger partial charge in [0, 0.05) is 10.9 Å². The van der Waals surface area contributed by atoms with E-state index in [2.05, 4.69) is 10.6 Å². The lowest BCUT2D eigenvalue weighted by Crippen LogP contribution is -2.42. The number of thiophene rings is 1. The topological polar surface area (TPSA) is 50.4 Å². The summed E-state index contributed by atoms with van der Waals surface area (Å²) in [6, 6.07) is 2.02. The summed E-state index contributed by atoms with van der Waals surface area (Å²) in [7, 11) is 0. The Labute approximate surface area is 111 Å². The predicted octanol–water partition coefficient (Wildman–Crippen LogP) is 1.39. The van der Waals surface area contributed by atoms with Crippen LogP contribution in [0.5, 0.6) is 0 Å². The van der Waals surface area contributed by atoms with E-state index < -0.39 is 0 Å². The summed E-state index contributed by atoms with van der Waals surface area (Å²) in [4.78, 5) is 12.0. The van der Waals surface area contributed by atoms with Gasteiger partial charge >= 0.3 is 0 Å². The summed E-state index contributed by atoms with van der Waals surface area (Å²) in [6.07, 6.45) is 3.06. The Morgan fingerprint density at radius 1 is 1.50 bits per heavy atom. The van der Waals surface area contributed by atoms with Gasteiger partial charge in [-0.2, -0.15) is 11.3 Å². The van der Waals surface area contributed by atoms with Crippen molar-refractivity contribution in [1.82, 2.24) is 10.6 Å². The second-order valence-electron chi connectivity index (χ2n) is 5.13. The van der Waals surface area contributed by atoms with Crippen molar-refractivity contribution < 1.29 is 9.53 Å². The first-order chi connectivity index (χ1) is 8.77. The first-order valence-electron chi connectivity index (χ1n) is 6.45. The largest absolute Gasteiger partial charge is 0.373 e. The molecule has 2 aliphatic heterocycles. The highest BCUT2D eigenvalue weighted by atomic mass is 32.1. The summed E-state index contributed by atoms with van der Waals surface area (Å²) in [5, 5.41) is 10.2. The maximum Gasteiger partial charge on any atom is 0.252 e. The predicted molar refractivity (Wildman–Crippen MR) is 71.0 cm³/mol. The SMILES string of the molecule is O=C(N[C@H]1COC2(CCNCC2)C1)c1ccsc1. The fourth-order valence-electron chi connectivity index (χ4n) is 2.83. The van der Waals surface area contributed by atoms with Gasteiger partial charge < -0.3 is 15.4 Å². The molecule has 1 aromatic rings. The van der Waals surface area contributed by atoms with Gasteiger partial charge in [0.1, 0.15) is 0 Å². The van der Waals surface area contributed by atoms with Crippen molar-refractivity contribution in [2.45, 2.75) is 30.9 Å². The number of nitrogens with one attached hydrogen (secondary N) is 2. The summed E-state index contributed by atoms with van der Waals surface area (Å²) in [5.41, 5.74) is 0.768. The van der Waals surface area contributed by atoms with E-state index in [1.54, 1.807) is 11.3 Å². The number of piperidine rings is 1. The van der Waals surface area contributed by atoms with Gasteiger partial charge in [0.05, 0.1) is 18.2 Å². The third-order valence-corrected chi connectivity index (χ3v) is 4.53. The normalized spacial score (nSPS) is 26.3. The van der Waals surface area contributed by atoms with Crippen LogP contribution < -0.4 is 10.6 Å². The van der Waals surface area contributed by atoms with Crippen LogP contribution in [0, 0.1) is 0 Å². The molecule has 0 aliphatic carbocycles. The van der Waals surface area contributed by atoms with Crippen molar-refractivity contribution in [3.63, 3.8) is 0 Å². The van der Waals surface area contributed by atoms with E-state index in [-0.39, 0.29) is 17.6 Å². The van der Waals surface area contributed by atoms with Gasteiger partial charge in [0.15, 0.2) is 0 Å². The van der Waals surface area contributed by atoms with Crippen LogP contribution in [0.15, 0.2) is 16.8 Å². The van der Waals surface area contributed by atoms with E-state index >= 15 is 0 Å². The minimum Gasteiger partial charge on any atom is -0.373 e. The molecule has 0 saturated carbocycles. The minimum atomic E-state index is 0.0117. The zero-order valence-electron chi connectivity index (χ0n) is 10.3. The summed E-state index contributed by atoms with van der Waals surface area (Å²) < 4.78 is 5.96. The highest BCUT2D eigenvalue weighted by molar-refractivity contribution is 7.08. The molecule has 1 amide bonds. The van der Waals surface area contributed by atoms with E-state index in [0.717, 1.165) is 37.9 Å². The molecule has 0 unspecified atom stereocenters. The monoisotopic (exact) mass is 266 g/mol. The number of hydrogen-bond acceptors (Lipinski definition) is 4. The molecular formula is C13H18N2O2S. The average molecular weight is 266 g/mol. The van der Waals surface area contributed by atoms with E-state index in [4.69, 9.17) is 4.74 Å². The smallest absolute Gasteiger partial charge is 0.252 e. The zero-order chi connectivity index (χ0) is 12.4. The molecule has 5 heteroatoms. The van der Waals surface area contributed by atoms with E-state index in [1.165, 1.54) is 0 Å². The molecule has 18 heavy (non-hydrogen) atoms. The highest BCUT2D eigenvalue weighted by Gasteiger charge is 2.41. The first kappa shape index (κ1) is 12.1. The van der Waals surface area contributed by atoms with Gasteiger partial charge in [-0.05, 0) is 43.8 Å². The number of carbonyl (C=O) groups is 1. The number of amides is 1. The number of carbonyl (C=O) groups excluding carboxylic acids is 1. The zero-order valence-corrected chi connectivity index (χ0v) is 11.1. The Bertz CT molecular complexity index is 413. The number of rotatable bonds is 2. The van der Waals surface area contributed by atoms with Crippen LogP contribution in [-0.4, -0.2) is 37.2 Å². The molecule has 1 aromatic heterocycles. The summed E-state index contributed by atoms with van der Waals surface area (Å²) in [6.45, 7) is 2.69. The number of ether oxygens (including phenoxy) is 1. The fraction of sp³-hybridized carbons (Fsp3) is 0.615. The molecule has 4 nitrogen and oxygen atoms in total. The molecule has 3 heterocycles. The molecule has 0 aromatic carbocycles. The molecule has 2 N–H and O–H groups in total. The van der Waals surface area contributed by atoms with Crippen molar-refractivity contribution in [3.05, 3.63) is 22.4 Å². The molecule has 2 aliphatic rings. The Balaban J connectivity index is 1.57. The van der Waals surface area contributed by atoms with Gasteiger partial charge in [-0.1, -0.05) is 0 Å². The van der Waals surface area contributed by atoms with Crippen molar-refractivity contribution in [1.29, 1.82) is 0 Å². The van der Waals surface area contributed by atoms with Gasteiger partial charge in [0.2, 0.25) is 0 Å². The maximum absolute atomic E-state index is 12.0. The van der Waals surface area contributed by atoms with Crippen molar-refractivity contribution in [2.75, 3.05) is 19.7 Å². The fourth-order valence-corrected chi connectivity index (χ4v) is 3.47. The summed E-state index contributed by atoms with van der Waals surface area (Å²) in [5.74, 6) is 0.0239. The molecule has 3 rings (SSSR count). The van der Waals surface area contributed by atoms with Crippen molar-refractivity contribution in [2.24, 2.45) is 0 Å². The van der Waals surface area contributed by atoms with Crippen molar-refractivity contribution in [3.8, 4) is 0 Å². The number of hydrogen-bond donors (Lipinski definition) is 2. The molecule has 2 saturated heterocycles. The molecule has 2 fully saturated rings. The Morgan fingerprint density at radius 2 is 2.33 bits per heavy atom. The molecule has 0 bridgehead atoms. The van der Waals surface area contributed by atoms with Gasteiger partial charge in [-0.3, -0.25) is 4.79 Å². The van der Waals surface area contributed by atoms with Crippen LogP contribution in [0.4, 0.5) is 0 Å². The van der Waals surface area contributed by atoms with Gasteiger partial charge in [-0.25, -0.2) is 0 Å².